The molecule has 0 fully saturated rings. The zero-order valence-corrected chi connectivity index (χ0v) is 10.5. The third-order valence-electron chi connectivity index (χ3n) is 3.64. The lowest BCUT2D eigenvalue weighted by atomic mass is 9.91. The summed E-state index contributed by atoms with van der Waals surface area (Å²) in [6, 6.07) is 16.7. The molecule has 0 saturated carbocycles. The molecule has 0 aliphatic heterocycles. The van der Waals surface area contributed by atoms with Gasteiger partial charge in [0.1, 0.15) is 0 Å². The summed E-state index contributed by atoms with van der Waals surface area (Å²) in [5.41, 5.74) is 5.05. The minimum Gasteiger partial charge on any atom is -0.280 e. The van der Waals surface area contributed by atoms with Gasteiger partial charge in [0.05, 0.1) is 11.4 Å². The third-order valence-corrected chi connectivity index (χ3v) is 3.64. The van der Waals surface area contributed by atoms with Crippen molar-refractivity contribution in [1.82, 2.24) is 0 Å². The Kier molecular flexibility index (Phi) is 3.03. The molecule has 2 aromatic rings. The van der Waals surface area contributed by atoms with E-state index in [1.165, 1.54) is 36.8 Å². The van der Waals surface area contributed by atoms with Gasteiger partial charge in [0.15, 0.2) is 0 Å². The van der Waals surface area contributed by atoms with Crippen molar-refractivity contribution in [3.05, 3.63) is 59.7 Å². The van der Waals surface area contributed by atoms with Gasteiger partial charge in [-0.05, 0) is 61.1 Å². The van der Waals surface area contributed by atoms with Gasteiger partial charge in [-0.15, -0.1) is 0 Å². The molecule has 0 amide bonds. The highest BCUT2D eigenvalue weighted by atomic mass is 15.4. The van der Waals surface area contributed by atoms with E-state index in [-0.39, 0.29) is 0 Å². The fourth-order valence-corrected chi connectivity index (χ4v) is 2.61. The van der Waals surface area contributed by atoms with Crippen LogP contribution in [0.1, 0.15) is 24.0 Å². The monoisotopic (exact) mass is 238 g/mol. The van der Waals surface area contributed by atoms with E-state index in [1.807, 2.05) is 30.3 Å². The number of anilines is 2. The largest absolute Gasteiger partial charge is 0.280 e. The van der Waals surface area contributed by atoms with E-state index in [9.17, 15) is 0 Å². The minimum atomic E-state index is 1.02. The molecule has 0 heterocycles. The highest BCUT2D eigenvalue weighted by Gasteiger charge is 2.11. The molecule has 92 valence electrons. The fraction of sp³-hybridized carbons (Fsp3) is 0.250. The number of benzene rings is 2. The second-order valence-corrected chi connectivity index (χ2v) is 4.87. The van der Waals surface area contributed by atoms with E-state index in [2.05, 4.69) is 18.2 Å². The van der Waals surface area contributed by atoms with E-state index in [0.717, 1.165) is 11.4 Å². The number of hydrogen-bond donors (Lipinski definition) is 1. The van der Waals surface area contributed by atoms with E-state index < -0.39 is 0 Å². The Labute approximate surface area is 108 Å². The second kappa shape index (κ2) is 4.83. The first kappa shape index (κ1) is 11.3. The fourth-order valence-electron chi connectivity index (χ4n) is 2.61. The van der Waals surface area contributed by atoms with Gasteiger partial charge in [-0.3, -0.25) is 5.01 Å². The summed E-state index contributed by atoms with van der Waals surface area (Å²) in [5, 5.41) is 1.76. The number of fused-ring (bicyclic) bond motifs is 1. The van der Waals surface area contributed by atoms with Crippen molar-refractivity contribution < 1.29 is 0 Å². The lowest BCUT2D eigenvalue weighted by molar-refractivity contribution is 0.685. The first-order chi connectivity index (χ1) is 8.84. The topological polar surface area (TPSA) is 29.3 Å². The summed E-state index contributed by atoms with van der Waals surface area (Å²) >= 11 is 0. The van der Waals surface area contributed by atoms with Gasteiger partial charge in [-0.2, -0.15) is 0 Å². The van der Waals surface area contributed by atoms with Crippen molar-refractivity contribution in [3.8, 4) is 0 Å². The highest BCUT2D eigenvalue weighted by molar-refractivity contribution is 5.62. The molecule has 1 aliphatic carbocycles. The first-order valence-electron chi connectivity index (χ1n) is 6.56. The van der Waals surface area contributed by atoms with Gasteiger partial charge in [0, 0.05) is 0 Å². The molecule has 2 heteroatoms. The van der Waals surface area contributed by atoms with Crippen LogP contribution in [0.2, 0.25) is 0 Å². The van der Waals surface area contributed by atoms with Crippen LogP contribution in [0.4, 0.5) is 11.4 Å². The smallest absolute Gasteiger partial charge is 0.0578 e. The van der Waals surface area contributed by atoms with Crippen LogP contribution in [0.5, 0.6) is 0 Å². The van der Waals surface area contributed by atoms with Gasteiger partial charge >= 0.3 is 0 Å². The molecule has 2 aromatic carbocycles. The van der Waals surface area contributed by atoms with E-state index in [1.54, 1.807) is 5.01 Å². The van der Waals surface area contributed by atoms with Gasteiger partial charge in [0.25, 0.3) is 0 Å². The number of para-hydroxylation sites is 1. The van der Waals surface area contributed by atoms with Crippen LogP contribution < -0.4 is 10.9 Å². The predicted molar refractivity (Wildman–Crippen MR) is 75.9 cm³/mol. The molecule has 0 saturated heterocycles. The Hall–Kier alpha value is -1.80. The molecule has 3 rings (SSSR count). The molecule has 18 heavy (non-hydrogen) atoms. The maximum Gasteiger partial charge on any atom is 0.0578 e. The van der Waals surface area contributed by atoms with Crippen LogP contribution in [0.3, 0.4) is 0 Å². The number of nitrogens with zero attached hydrogens (tertiary/aromatic N) is 1. The summed E-state index contributed by atoms with van der Waals surface area (Å²) in [6.07, 6.45) is 5.01. The van der Waals surface area contributed by atoms with Crippen molar-refractivity contribution in [2.75, 3.05) is 5.01 Å². The lowest BCUT2D eigenvalue weighted by Crippen LogP contribution is -2.25. The molecule has 1 aliphatic rings. The van der Waals surface area contributed by atoms with Crippen LogP contribution in [0.25, 0.3) is 0 Å². The van der Waals surface area contributed by atoms with Gasteiger partial charge < -0.3 is 0 Å². The van der Waals surface area contributed by atoms with Crippen LogP contribution in [0, 0.1) is 0 Å². The van der Waals surface area contributed by atoms with Crippen LogP contribution in [0.15, 0.2) is 48.5 Å². The molecule has 2 nitrogen and oxygen atoms in total. The minimum absolute atomic E-state index is 1.02. The Bertz CT molecular complexity index is 534. The molecule has 0 spiro atoms. The molecule has 0 aromatic heterocycles. The maximum atomic E-state index is 6.18. The SMILES string of the molecule is NN(c1ccccc1)c1ccc2c(c1)CCCC2. The molecule has 0 radical (unpaired) electrons. The average Bonchev–Trinajstić information content (AvgIpc) is 2.47. The van der Waals surface area contributed by atoms with Crippen molar-refractivity contribution in [1.29, 1.82) is 0 Å². The Morgan fingerprint density at radius 1 is 0.778 bits per heavy atom. The standard InChI is InChI=1S/C16H18N2/c17-18(15-8-2-1-3-9-15)16-11-10-13-6-4-5-7-14(13)12-16/h1-3,8-12H,4-7,17H2. The number of rotatable bonds is 2. The van der Waals surface area contributed by atoms with Crippen molar-refractivity contribution in [3.63, 3.8) is 0 Å². The Balaban J connectivity index is 1.93. The van der Waals surface area contributed by atoms with Gasteiger partial charge in [-0.1, -0.05) is 24.3 Å². The Morgan fingerprint density at radius 3 is 2.28 bits per heavy atom. The molecule has 0 atom stereocenters. The number of nitrogens with two attached hydrogens (primary N) is 1. The van der Waals surface area contributed by atoms with Crippen molar-refractivity contribution in [2.24, 2.45) is 5.84 Å². The molecule has 2 N–H and O–H groups in total. The van der Waals surface area contributed by atoms with Gasteiger partial charge in [-0.25, -0.2) is 5.84 Å². The summed E-state index contributed by atoms with van der Waals surface area (Å²) in [6.45, 7) is 0. The van der Waals surface area contributed by atoms with Crippen LogP contribution >= 0.6 is 0 Å². The Morgan fingerprint density at radius 2 is 1.50 bits per heavy atom. The van der Waals surface area contributed by atoms with E-state index >= 15 is 0 Å². The summed E-state index contributed by atoms with van der Waals surface area (Å²) in [7, 11) is 0. The first-order valence-corrected chi connectivity index (χ1v) is 6.56. The molecular weight excluding hydrogens is 220 g/mol. The third kappa shape index (κ3) is 2.12. The predicted octanol–water partition coefficient (Wildman–Crippen LogP) is 3.58. The zero-order valence-electron chi connectivity index (χ0n) is 10.5. The normalized spacial score (nSPS) is 14.1. The number of aryl methyl sites for hydroxylation is 2. The lowest BCUT2D eigenvalue weighted by Gasteiger charge is -2.22. The van der Waals surface area contributed by atoms with E-state index in [4.69, 9.17) is 5.84 Å². The summed E-state index contributed by atoms with van der Waals surface area (Å²) in [5.74, 6) is 6.18. The molecular formula is C16H18N2. The summed E-state index contributed by atoms with van der Waals surface area (Å²) < 4.78 is 0. The highest BCUT2D eigenvalue weighted by Crippen LogP contribution is 2.28. The van der Waals surface area contributed by atoms with E-state index in [0.29, 0.717) is 0 Å². The van der Waals surface area contributed by atoms with Crippen LogP contribution in [-0.4, -0.2) is 0 Å². The van der Waals surface area contributed by atoms with Gasteiger partial charge in [0.2, 0.25) is 0 Å². The van der Waals surface area contributed by atoms with Crippen molar-refractivity contribution in [2.45, 2.75) is 25.7 Å². The number of hydrazine groups is 1. The quantitative estimate of drug-likeness (QED) is 0.640. The molecule has 0 bridgehead atoms. The maximum absolute atomic E-state index is 6.18. The number of hydrogen-bond acceptors (Lipinski definition) is 2. The van der Waals surface area contributed by atoms with Crippen molar-refractivity contribution >= 4 is 11.4 Å². The average molecular weight is 238 g/mol. The zero-order chi connectivity index (χ0) is 12.4. The summed E-state index contributed by atoms with van der Waals surface area (Å²) in [4.78, 5) is 0. The van der Waals surface area contributed by atoms with Crippen LogP contribution in [-0.2, 0) is 12.8 Å². The second-order valence-electron chi connectivity index (χ2n) is 4.87. The molecule has 0 unspecified atom stereocenters.